The number of nitrogens with one attached hydrogen (secondary N) is 1. The number of hydrogen-bond donors (Lipinski definition) is 2. The van der Waals surface area contributed by atoms with E-state index in [4.69, 9.17) is 17.3 Å². The summed E-state index contributed by atoms with van der Waals surface area (Å²) in [5.74, 6) is 0.126. The second kappa shape index (κ2) is 5.48. The van der Waals surface area contributed by atoms with Crippen molar-refractivity contribution in [3.8, 4) is 0 Å². The van der Waals surface area contributed by atoms with Crippen molar-refractivity contribution in [2.75, 3.05) is 11.1 Å². The van der Waals surface area contributed by atoms with Crippen LogP contribution in [0.4, 0.5) is 21.6 Å². The van der Waals surface area contributed by atoms with Gasteiger partial charge in [0.1, 0.15) is 5.82 Å². The van der Waals surface area contributed by atoms with Gasteiger partial charge in [0.05, 0.1) is 22.1 Å². The summed E-state index contributed by atoms with van der Waals surface area (Å²) in [4.78, 5) is 0. The zero-order valence-corrected chi connectivity index (χ0v) is 11.6. The number of rotatable bonds is 4. The minimum atomic E-state index is -0.426. The Kier molecular flexibility index (Phi) is 3.95. The van der Waals surface area contributed by atoms with Crippen molar-refractivity contribution in [2.45, 2.75) is 19.8 Å². The second-order valence-electron chi connectivity index (χ2n) is 4.30. The molecule has 2 rings (SSSR count). The van der Waals surface area contributed by atoms with Gasteiger partial charge in [0.25, 0.3) is 0 Å². The molecule has 1 aromatic heterocycles. The van der Waals surface area contributed by atoms with E-state index >= 15 is 0 Å². The molecule has 0 radical (unpaired) electrons. The molecule has 19 heavy (non-hydrogen) atoms. The van der Waals surface area contributed by atoms with Crippen LogP contribution in [0, 0.1) is 5.82 Å². The summed E-state index contributed by atoms with van der Waals surface area (Å²) < 4.78 is 15.3. The van der Waals surface area contributed by atoms with Crippen LogP contribution >= 0.6 is 11.6 Å². The van der Waals surface area contributed by atoms with Gasteiger partial charge in [0.2, 0.25) is 0 Å². The fraction of sp³-hybridized carbons (Fsp3) is 0.308. The van der Waals surface area contributed by atoms with E-state index in [1.165, 1.54) is 6.07 Å². The largest absolute Gasteiger partial charge is 0.394 e. The molecule has 6 heteroatoms. The second-order valence-corrected chi connectivity index (χ2v) is 4.71. The predicted octanol–water partition coefficient (Wildman–Crippen LogP) is 3.49. The normalized spacial score (nSPS) is 10.7. The monoisotopic (exact) mass is 282 g/mol. The summed E-state index contributed by atoms with van der Waals surface area (Å²) in [7, 11) is 1.76. The van der Waals surface area contributed by atoms with Crippen molar-refractivity contribution < 1.29 is 4.39 Å². The molecule has 0 saturated carbocycles. The van der Waals surface area contributed by atoms with E-state index in [-0.39, 0.29) is 5.69 Å². The quantitative estimate of drug-likeness (QED) is 0.902. The first-order valence-electron chi connectivity index (χ1n) is 6.07. The van der Waals surface area contributed by atoms with Crippen LogP contribution in [-0.2, 0) is 13.5 Å². The van der Waals surface area contributed by atoms with E-state index in [1.807, 2.05) is 0 Å². The molecule has 0 amide bonds. The van der Waals surface area contributed by atoms with Crippen molar-refractivity contribution in [3.05, 3.63) is 34.7 Å². The maximum atomic E-state index is 13.7. The molecular weight excluding hydrogens is 267 g/mol. The lowest BCUT2D eigenvalue weighted by Gasteiger charge is -2.10. The highest BCUT2D eigenvalue weighted by molar-refractivity contribution is 6.33. The Morgan fingerprint density at radius 1 is 1.47 bits per heavy atom. The Hall–Kier alpha value is -1.75. The number of nitrogen functional groups attached to an aromatic ring is 1. The highest BCUT2D eigenvalue weighted by Crippen LogP contribution is 2.31. The highest BCUT2D eigenvalue weighted by atomic mass is 35.5. The van der Waals surface area contributed by atoms with Crippen molar-refractivity contribution in [2.24, 2.45) is 7.05 Å². The molecule has 0 atom stereocenters. The first kappa shape index (κ1) is 13.7. The van der Waals surface area contributed by atoms with Crippen LogP contribution in [0.5, 0.6) is 0 Å². The standard InChI is InChI=1S/C13H16ClFN4/c1-3-5-10-11(16)13(19(2)18-10)17-12-8(14)6-4-7-9(12)15/h4,6-7,17H,3,5,16H2,1-2H3. The molecule has 0 aliphatic carbocycles. The number of benzene rings is 1. The van der Waals surface area contributed by atoms with Gasteiger partial charge in [-0.3, -0.25) is 4.68 Å². The van der Waals surface area contributed by atoms with Gasteiger partial charge < -0.3 is 11.1 Å². The van der Waals surface area contributed by atoms with Crippen LogP contribution in [0.15, 0.2) is 18.2 Å². The Morgan fingerprint density at radius 2 is 2.21 bits per heavy atom. The fourth-order valence-electron chi connectivity index (χ4n) is 1.90. The lowest BCUT2D eigenvalue weighted by molar-refractivity contribution is 0.631. The Morgan fingerprint density at radius 3 is 2.84 bits per heavy atom. The lowest BCUT2D eigenvalue weighted by atomic mass is 10.2. The summed E-state index contributed by atoms with van der Waals surface area (Å²) in [6.45, 7) is 2.05. The number of nitrogens with zero attached hydrogens (tertiary/aromatic N) is 2. The molecule has 0 unspecified atom stereocenters. The minimum Gasteiger partial charge on any atom is -0.394 e. The molecular formula is C13H16ClFN4. The van der Waals surface area contributed by atoms with Crippen molar-refractivity contribution in [3.63, 3.8) is 0 Å². The Bertz CT molecular complexity index is 574. The molecule has 0 saturated heterocycles. The summed E-state index contributed by atoms with van der Waals surface area (Å²) in [6.07, 6.45) is 1.73. The van der Waals surface area contributed by atoms with E-state index in [1.54, 1.807) is 23.9 Å². The van der Waals surface area contributed by atoms with Gasteiger partial charge in [-0.1, -0.05) is 31.0 Å². The van der Waals surface area contributed by atoms with Crippen LogP contribution in [-0.4, -0.2) is 9.78 Å². The van der Waals surface area contributed by atoms with Crippen LogP contribution in [0.2, 0.25) is 5.02 Å². The van der Waals surface area contributed by atoms with Gasteiger partial charge in [0, 0.05) is 7.05 Å². The van der Waals surface area contributed by atoms with Crippen molar-refractivity contribution in [1.29, 1.82) is 0 Å². The fourth-order valence-corrected chi connectivity index (χ4v) is 2.11. The summed E-state index contributed by atoms with van der Waals surface area (Å²) in [5.41, 5.74) is 7.57. The van der Waals surface area contributed by atoms with E-state index in [0.717, 1.165) is 18.5 Å². The number of halogens is 2. The van der Waals surface area contributed by atoms with Crippen molar-refractivity contribution in [1.82, 2.24) is 9.78 Å². The number of hydrogen-bond acceptors (Lipinski definition) is 3. The van der Waals surface area contributed by atoms with E-state index < -0.39 is 5.82 Å². The Balaban J connectivity index is 2.38. The van der Waals surface area contributed by atoms with Crippen LogP contribution in [0.1, 0.15) is 19.0 Å². The highest BCUT2D eigenvalue weighted by Gasteiger charge is 2.15. The topological polar surface area (TPSA) is 55.9 Å². The van der Waals surface area contributed by atoms with Gasteiger partial charge in [-0.25, -0.2) is 4.39 Å². The Labute approximate surface area is 116 Å². The summed E-state index contributed by atoms with van der Waals surface area (Å²) >= 11 is 5.98. The van der Waals surface area contributed by atoms with Crippen molar-refractivity contribution >= 4 is 28.8 Å². The number of aromatic nitrogens is 2. The zero-order chi connectivity index (χ0) is 14.0. The molecule has 2 aromatic rings. The molecule has 0 bridgehead atoms. The maximum absolute atomic E-state index is 13.7. The molecule has 0 aliphatic rings. The zero-order valence-electron chi connectivity index (χ0n) is 10.9. The summed E-state index contributed by atoms with van der Waals surface area (Å²) in [5, 5.41) is 7.55. The minimum absolute atomic E-state index is 0.210. The first-order valence-corrected chi connectivity index (χ1v) is 6.44. The average molecular weight is 283 g/mol. The SMILES string of the molecule is CCCc1nn(C)c(Nc2c(F)cccc2Cl)c1N. The van der Waals surface area contributed by atoms with E-state index in [9.17, 15) is 4.39 Å². The van der Waals surface area contributed by atoms with E-state index in [0.29, 0.717) is 16.5 Å². The van der Waals surface area contributed by atoms with E-state index in [2.05, 4.69) is 17.3 Å². The smallest absolute Gasteiger partial charge is 0.152 e. The molecule has 0 aliphatic heterocycles. The number of para-hydroxylation sites is 1. The molecule has 1 aromatic carbocycles. The molecule has 0 fully saturated rings. The first-order chi connectivity index (χ1) is 9.04. The third kappa shape index (κ3) is 2.66. The summed E-state index contributed by atoms with van der Waals surface area (Å²) in [6, 6.07) is 4.51. The molecule has 0 spiro atoms. The number of anilines is 3. The van der Waals surface area contributed by atoms with Crippen LogP contribution < -0.4 is 11.1 Å². The molecule has 3 N–H and O–H groups in total. The van der Waals surface area contributed by atoms with Gasteiger partial charge in [-0.05, 0) is 18.6 Å². The molecule has 1 heterocycles. The third-order valence-corrected chi connectivity index (χ3v) is 3.17. The molecule has 102 valence electrons. The number of nitrogens with two attached hydrogens (primary N) is 1. The van der Waals surface area contributed by atoms with Gasteiger partial charge in [0.15, 0.2) is 5.82 Å². The third-order valence-electron chi connectivity index (χ3n) is 2.85. The van der Waals surface area contributed by atoms with Gasteiger partial charge >= 0.3 is 0 Å². The van der Waals surface area contributed by atoms with Crippen LogP contribution in [0.25, 0.3) is 0 Å². The predicted molar refractivity (Wildman–Crippen MR) is 76.3 cm³/mol. The van der Waals surface area contributed by atoms with Gasteiger partial charge in [-0.15, -0.1) is 0 Å². The lowest BCUT2D eigenvalue weighted by Crippen LogP contribution is -2.03. The maximum Gasteiger partial charge on any atom is 0.152 e. The van der Waals surface area contributed by atoms with Crippen LogP contribution in [0.3, 0.4) is 0 Å². The average Bonchev–Trinajstić information content (AvgIpc) is 2.61. The molecule has 4 nitrogen and oxygen atoms in total. The van der Waals surface area contributed by atoms with Gasteiger partial charge in [-0.2, -0.15) is 5.10 Å². The number of aryl methyl sites for hydroxylation is 2.